The Morgan fingerprint density at radius 2 is 1.70 bits per heavy atom. The molecule has 118 valence electrons. The summed E-state index contributed by atoms with van der Waals surface area (Å²) in [5.41, 5.74) is 2.15. The van der Waals surface area contributed by atoms with Crippen LogP contribution in [0.15, 0.2) is 53.0 Å². The van der Waals surface area contributed by atoms with Crippen LogP contribution in [-0.2, 0) is 4.79 Å². The van der Waals surface area contributed by atoms with Crippen LogP contribution in [0.4, 0.5) is 10.1 Å². The molecule has 0 aromatic heterocycles. The summed E-state index contributed by atoms with van der Waals surface area (Å²) in [5, 5.41) is 0. The van der Waals surface area contributed by atoms with Gasteiger partial charge in [0.25, 0.3) is 0 Å². The van der Waals surface area contributed by atoms with E-state index in [1.807, 2.05) is 24.3 Å². The van der Waals surface area contributed by atoms with Crippen LogP contribution in [0.1, 0.15) is 30.9 Å². The predicted octanol–water partition coefficient (Wildman–Crippen LogP) is 4.89. The van der Waals surface area contributed by atoms with Crippen molar-refractivity contribution >= 4 is 27.4 Å². The highest BCUT2D eigenvalue weighted by molar-refractivity contribution is 9.10. The van der Waals surface area contributed by atoms with Gasteiger partial charge < -0.3 is 4.90 Å². The lowest BCUT2D eigenvalue weighted by Gasteiger charge is -2.52. The number of rotatable bonds is 2. The average molecular weight is 374 g/mol. The minimum Gasteiger partial charge on any atom is -0.360 e. The zero-order valence-electron chi connectivity index (χ0n) is 12.6. The molecule has 4 heteroatoms. The van der Waals surface area contributed by atoms with Gasteiger partial charge in [0.05, 0.1) is 6.04 Å². The number of anilines is 1. The van der Waals surface area contributed by atoms with Gasteiger partial charge in [-0.3, -0.25) is 4.79 Å². The molecule has 2 bridgehead atoms. The number of ketones is 1. The van der Waals surface area contributed by atoms with Gasteiger partial charge >= 0.3 is 0 Å². The van der Waals surface area contributed by atoms with E-state index < -0.39 is 0 Å². The van der Waals surface area contributed by atoms with Crippen molar-refractivity contribution < 1.29 is 9.18 Å². The van der Waals surface area contributed by atoms with E-state index in [1.54, 1.807) is 0 Å². The molecule has 0 spiro atoms. The van der Waals surface area contributed by atoms with E-state index in [0.717, 1.165) is 28.6 Å². The highest BCUT2D eigenvalue weighted by Gasteiger charge is 2.47. The van der Waals surface area contributed by atoms with Crippen molar-refractivity contribution in [1.82, 2.24) is 0 Å². The van der Waals surface area contributed by atoms with Crippen molar-refractivity contribution in [3.05, 3.63) is 64.4 Å². The number of fused-ring (bicyclic) bond motifs is 3. The lowest BCUT2D eigenvalue weighted by atomic mass is 9.71. The highest BCUT2D eigenvalue weighted by Crippen LogP contribution is 2.47. The number of carbonyl (C=O) groups excluding carboxylic acids is 1. The monoisotopic (exact) mass is 373 g/mol. The van der Waals surface area contributed by atoms with E-state index in [4.69, 9.17) is 0 Å². The molecule has 3 fully saturated rings. The average Bonchev–Trinajstić information content (AvgIpc) is 2.56. The Kier molecular flexibility index (Phi) is 3.72. The third-order valence-corrected chi connectivity index (χ3v) is 5.60. The molecular formula is C19H17BrFNO. The molecule has 0 unspecified atom stereocenters. The summed E-state index contributed by atoms with van der Waals surface area (Å²) in [6.07, 6.45) is 2.60. The molecule has 3 atom stereocenters. The van der Waals surface area contributed by atoms with Gasteiger partial charge in [-0.05, 0) is 54.8 Å². The molecule has 0 N–H and O–H groups in total. The molecule has 23 heavy (non-hydrogen) atoms. The van der Waals surface area contributed by atoms with E-state index >= 15 is 0 Å². The van der Waals surface area contributed by atoms with Crippen LogP contribution in [-0.4, -0.2) is 11.8 Å². The Balaban J connectivity index is 1.79. The smallest absolute Gasteiger partial charge is 0.140 e. The molecule has 2 aromatic rings. The van der Waals surface area contributed by atoms with E-state index in [1.165, 1.54) is 12.1 Å². The fourth-order valence-corrected chi connectivity index (χ4v) is 4.31. The second-order valence-electron chi connectivity index (χ2n) is 6.39. The molecule has 2 heterocycles. The Hall–Kier alpha value is -1.68. The molecule has 3 aliphatic rings. The molecule has 0 radical (unpaired) electrons. The molecular weight excluding hydrogens is 357 g/mol. The van der Waals surface area contributed by atoms with Crippen LogP contribution in [0.5, 0.6) is 0 Å². The first-order valence-corrected chi connectivity index (χ1v) is 8.75. The molecule has 2 nitrogen and oxygen atoms in total. The number of piperidine rings is 2. The summed E-state index contributed by atoms with van der Waals surface area (Å²) in [6.45, 7) is 0. The minimum absolute atomic E-state index is 0.00843. The van der Waals surface area contributed by atoms with Gasteiger partial charge in [-0.15, -0.1) is 0 Å². The van der Waals surface area contributed by atoms with Crippen molar-refractivity contribution in [3.8, 4) is 0 Å². The number of Topliss-reactive ketones (excluding diaryl/α,β-unsaturated/α-hetero) is 1. The molecule has 1 aliphatic carbocycles. The second kappa shape index (κ2) is 5.75. The van der Waals surface area contributed by atoms with Crippen LogP contribution in [0.2, 0.25) is 0 Å². The summed E-state index contributed by atoms with van der Waals surface area (Å²) in [7, 11) is 0. The van der Waals surface area contributed by atoms with Gasteiger partial charge in [0.15, 0.2) is 0 Å². The first-order chi connectivity index (χ1) is 11.1. The van der Waals surface area contributed by atoms with Gasteiger partial charge in [-0.2, -0.15) is 0 Å². The number of nitrogens with zero attached hydrogens (tertiary/aromatic N) is 1. The summed E-state index contributed by atoms with van der Waals surface area (Å²) in [4.78, 5) is 14.8. The number of hydrogen-bond acceptors (Lipinski definition) is 2. The Labute approximate surface area is 143 Å². The van der Waals surface area contributed by atoms with E-state index in [-0.39, 0.29) is 23.8 Å². The van der Waals surface area contributed by atoms with Crippen molar-refractivity contribution in [1.29, 1.82) is 0 Å². The zero-order valence-corrected chi connectivity index (χ0v) is 14.2. The van der Waals surface area contributed by atoms with Gasteiger partial charge in [0, 0.05) is 28.5 Å². The van der Waals surface area contributed by atoms with Crippen molar-refractivity contribution in [2.75, 3.05) is 4.90 Å². The third kappa shape index (κ3) is 2.59. The number of halogens is 2. The van der Waals surface area contributed by atoms with E-state index in [2.05, 4.69) is 33.0 Å². The molecule has 2 saturated heterocycles. The number of benzene rings is 2. The Morgan fingerprint density at radius 1 is 1.00 bits per heavy atom. The lowest BCUT2D eigenvalue weighted by Crippen LogP contribution is -2.54. The lowest BCUT2D eigenvalue weighted by molar-refractivity contribution is -0.128. The summed E-state index contributed by atoms with van der Waals surface area (Å²) in [5.74, 6) is 0.120. The van der Waals surface area contributed by atoms with Crippen LogP contribution in [0.25, 0.3) is 0 Å². The van der Waals surface area contributed by atoms with Crippen molar-refractivity contribution in [3.63, 3.8) is 0 Å². The maximum Gasteiger partial charge on any atom is 0.140 e. The second-order valence-corrected chi connectivity index (χ2v) is 7.30. The largest absolute Gasteiger partial charge is 0.360 e. The predicted molar refractivity (Wildman–Crippen MR) is 91.9 cm³/mol. The molecule has 0 amide bonds. The van der Waals surface area contributed by atoms with Gasteiger partial charge in [-0.25, -0.2) is 4.39 Å². The SMILES string of the molecule is O=C1C[C@@H]2CC[C@H]1[C@H](c1ccc(F)cc1)N2c1ccc(Br)cc1. The summed E-state index contributed by atoms with van der Waals surface area (Å²) >= 11 is 3.47. The van der Waals surface area contributed by atoms with Crippen LogP contribution in [0, 0.1) is 11.7 Å². The first-order valence-electron chi connectivity index (χ1n) is 7.95. The quantitative estimate of drug-likeness (QED) is 0.746. The number of hydrogen-bond donors (Lipinski definition) is 0. The van der Waals surface area contributed by atoms with Gasteiger partial charge in [0.2, 0.25) is 0 Å². The maximum absolute atomic E-state index is 13.3. The molecule has 1 saturated carbocycles. The molecule has 5 rings (SSSR count). The minimum atomic E-state index is -0.240. The van der Waals surface area contributed by atoms with E-state index in [0.29, 0.717) is 12.2 Å². The third-order valence-electron chi connectivity index (χ3n) is 5.07. The molecule has 2 aromatic carbocycles. The topological polar surface area (TPSA) is 20.3 Å². The number of carbonyl (C=O) groups is 1. The fraction of sp³-hybridized carbons (Fsp3) is 0.316. The Morgan fingerprint density at radius 3 is 2.35 bits per heavy atom. The van der Waals surface area contributed by atoms with Crippen LogP contribution < -0.4 is 4.90 Å². The van der Waals surface area contributed by atoms with Crippen molar-refractivity contribution in [2.45, 2.75) is 31.3 Å². The molecule has 2 aliphatic heterocycles. The fourth-order valence-electron chi connectivity index (χ4n) is 4.05. The Bertz CT molecular complexity index is 728. The first kappa shape index (κ1) is 14.9. The van der Waals surface area contributed by atoms with Crippen LogP contribution in [0.3, 0.4) is 0 Å². The van der Waals surface area contributed by atoms with Gasteiger partial charge in [0.1, 0.15) is 11.6 Å². The highest BCUT2D eigenvalue weighted by atomic mass is 79.9. The van der Waals surface area contributed by atoms with Gasteiger partial charge in [-0.1, -0.05) is 28.1 Å². The standard InChI is InChI=1S/C19H17BrFNO/c20-13-3-7-15(8-4-13)22-16-9-10-17(18(23)11-16)19(22)12-1-5-14(21)6-2-12/h1-8,16-17,19H,9-11H2/t16-,17+,19-/m0/s1. The summed E-state index contributed by atoms with van der Waals surface area (Å²) in [6, 6.07) is 15.1. The summed E-state index contributed by atoms with van der Waals surface area (Å²) < 4.78 is 14.3. The van der Waals surface area contributed by atoms with Crippen molar-refractivity contribution in [2.24, 2.45) is 5.92 Å². The zero-order chi connectivity index (χ0) is 16.0. The van der Waals surface area contributed by atoms with E-state index in [9.17, 15) is 9.18 Å². The van der Waals surface area contributed by atoms with Crippen LogP contribution >= 0.6 is 15.9 Å². The maximum atomic E-state index is 13.3. The normalized spacial score (nSPS) is 26.6.